The van der Waals surface area contributed by atoms with Gasteiger partial charge in [0.2, 0.25) is 0 Å². The molecule has 1 aliphatic heterocycles. The summed E-state index contributed by atoms with van der Waals surface area (Å²) >= 11 is 0. The summed E-state index contributed by atoms with van der Waals surface area (Å²) in [5.74, 6) is 0.416. The van der Waals surface area contributed by atoms with Crippen molar-refractivity contribution in [1.29, 1.82) is 0 Å². The van der Waals surface area contributed by atoms with Gasteiger partial charge in [-0.05, 0) is 77.5 Å². The molecule has 5 rings (SSSR count). The van der Waals surface area contributed by atoms with Crippen LogP contribution in [-0.4, -0.2) is 62.4 Å². The molecule has 0 saturated carbocycles. The van der Waals surface area contributed by atoms with Gasteiger partial charge in [0.15, 0.2) is 11.5 Å². The van der Waals surface area contributed by atoms with E-state index in [-0.39, 0.29) is 11.4 Å². The van der Waals surface area contributed by atoms with Gasteiger partial charge in [0.25, 0.3) is 0 Å². The van der Waals surface area contributed by atoms with Gasteiger partial charge in [-0.25, -0.2) is 13.9 Å². The van der Waals surface area contributed by atoms with Gasteiger partial charge >= 0.3 is 0 Å². The lowest BCUT2D eigenvalue weighted by molar-refractivity contribution is 0.137. The molecular formula is C24H28FN7. The highest BCUT2D eigenvalue weighted by Gasteiger charge is 2.32. The van der Waals surface area contributed by atoms with Gasteiger partial charge in [0.1, 0.15) is 5.82 Å². The van der Waals surface area contributed by atoms with E-state index in [4.69, 9.17) is 0 Å². The molecule has 0 N–H and O–H groups in total. The van der Waals surface area contributed by atoms with E-state index in [1.165, 1.54) is 6.07 Å². The van der Waals surface area contributed by atoms with Crippen LogP contribution in [0.1, 0.15) is 31.0 Å². The Labute approximate surface area is 186 Å². The van der Waals surface area contributed by atoms with Crippen molar-refractivity contribution in [3.05, 3.63) is 47.5 Å². The Morgan fingerprint density at radius 3 is 2.50 bits per heavy atom. The van der Waals surface area contributed by atoms with Crippen LogP contribution in [-0.2, 0) is 0 Å². The molecule has 1 aromatic carbocycles. The van der Waals surface area contributed by atoms with Crippen molar-refractivity contribution in [2.24, 2.45) is 0 Å². The number of fused-ring (bicyclic) bond motifs is 2. The van der Waals surface area contributed by atoms with Gasteiger partial charge in [0.05, 0.1) is 23.1 Å². The minimum Gasteiger partial charge on any atom is -0.355 e. The van der Waals surface area contributed by atoms with Crippen molar-refractivity contribution < 1.29 is 4.39 Å². The predicted octanol–water partition coefficient (Wildman–Crippen LogP) is 4.02. The van der Waals surface area contributed by atoms with Gasteiger partial charge in [-0.1, -0.05) is 0 Å². The third kappa shape index (κ3) is 3.48. The van der Waals surface area contributed by atoms with Crippen LogP contribution in [0.4, 0.5) is 10.2 Å². The Morgan fingerprint density at radius 2 is 1.78 bits per heavy atom. The van der Waals surface area contributed by atoms with Crippen LogP contribution < -0.4 is 4.90 Å². The number of anilines is 1. The minimum absolute atomic E-state index is 0.181. The van der Waals surface area contributed by atoms with E-state index < -0.39 is 0 Å². The first-order valence-electron chi connectivity index (χ1n) is 11.0. The fraction of sp³-hybridized carbons (Fsp3) is 0.417. The van der Waals surface area contributed by atoms with Crippen LogP contribution in [0.5, 0.6) is 0 Å². The smallest absolute Gasteiger partial charge is 0.156 e. The maximum absolute atomic E-state index is 15.2. The molecule has 3 aromatic heterocycles. The predicted molar refractivity (Wildman–Crippen MR) is 124 cm³/mol. The van der Waals surface area contributed by atoms with Gasteiger partial charge in [-0.3, -0.25) is 0 Å². The summed E-state index contributed by atoms with van der Waals surface area (Å²) in [6.07, 6.45) is 3.93. The largest absolute Gasteiger partial charge is 0.355 e. The van der Waals surface area contributed by atoms with Crippen molar-refractivity contribution in [3.8, 4) is 11.3 Å². The zero-order valence-electron chi connectivity index (χ0n) is 19.2. The number of aromatic nitrogens is 5. The molecule has 1 saturated heterocycles. The Morgan fingerprint density at radius 1 is 1.03 bits per heavy atom. The Bertz CT molecular complexity index is 1320. The molecule has 7 nitrogen and oxygen atoms in total. The molecule has 1 aliphatic rings. The summed E-state index contributed by atoms with van der Waals surface area (Å²) in [5.41, 5.74) is 4.75. The summed E-state index contributed by atoms with van der Waals surface area (Å²) in [6, 6.07) is 7.14. The normalized spacial score (nSPS) is 16.4. The van der Waals surface area contributed by atoms with E-state index in [1.807, 2.05) is 38.2 Å². The van der Waals surface area contributed by atoms with Gasteiger partial charge in [0, 0.05) is 29.6 Å². The van der Waals surface area contributed by atoms with Crippen molar-refractivity contribution >= 4 is 22.4 Å². The first kappa shape index (κ1) is 20.8. The van der Waals surface area contributed by atoms with Crippen LogP contribution in [0.25, 0.3) is 27.8 Å². The van der Waals surface area contributed by atoms with Gasteiger partial charge in [-0.2, -0.15) is 5.10 Å². The average molecular weight is 434 g/mol. The maximum Gasteiger partial charge on any atom is 0.156 e. The van der Waals surface area contributed by atoms with Crippen LogP contribution in [0, 0.1) is 19.7 Å². The van der Waals surface area contributed by atoms with E-state index in [1.54, 1.807) is 4.52 Å². The van der Waals surface area contributed by atoms with Crippen LogP contribution in [0.3, 0.4) is 0 Å². The molecule has 8 heteroatoms. The summed E-state index contributed by atoms with van der Waals surface area (Å²) in [7, 11) is 4.25. The molecular weight excluding hydrogens is 405 g/mol. The molecule has 0 atom stereocenters. The monoisotopic (exact) mass is 433 g/mol. The fourth-order valence-corrected chi connectivity index (χ4v) is 4.45. The van der Waals surface area contributed by atoms with Gasteiger partial charge < -0.3 is 9.80 Å². The number of hydrogen-bond acceptors (Lipinski definition) is 6. The summed E-state index contributed by atoms with van der Waals surface area (Å²) in [4.78, 5) is 8.97. The van der Waals surface area contributed by atoms with Crippen LogP contribution in [0.15, 0.2) is 30.5 Å². The Hall–Kier alpha value is -3.13. The van der Waals surface area contributed by atoms with Crippen LogP contribution in [0.2, 0.25) is 0 Å². The molecule has 4 aromatic rings. The number of rotatable bonds is 3. The lowest BCUT2D eigenvalue weighted by Gasteiger charge is -2.44. The maximum atomic E-state index is 15.2. The Balaban J connectivity index is 1.48. The zero-order valence-corrected chi connectivity index (χ0v) is 19.2. The molecule has 166 valence electrons. The number of nitrogens with zero attached hydrogens (tertiary/aromatic N) is 7. The first-order chi connectivity index (χ1) is 15.2. The van der Waals surface area contributed by atoms with E-state index in [0.29, 0.717) is 22.2 Å². The third-order valence-electron chi connectivity index (χ3n) is 6.91. The summed E-state index contributed by atoms with van der Waals surface area (Å²) < 4.78 is 16.9. The Kier molecular flexibility index (Phi) is 4.85. The highest BCUT2D eigenvalue weighted by Crippen LogP contribution is 2.31. The van der Waals surface area contributed by atoms with Crippen molar-refractivity contribution in [1.82, 2.24) is 29.7 Å². The highest BCUT2D eigenvalue weighted by atomic mass is 19.1. The minimum atomic E-state index is -0.315. The molecule has 0 spiro atoms. The van der Waals surface area contributed by atoms with Crippen molar-refractivity contribution in [3.63, 3.8) is 0 Å². The SMILES string of the molecule is Cc1cn2nc(-c3cc(F)c4cc(N5CCC(C)(N(C)C)CC5)nnc4c3)cc(C)c2n1. The number of hydrogen-bond donors (Lipinski definition) is 0. The van der Waals surface area contributed by atoms with E-state index in [0.717, 1.165) is 48.7 Å². The third-order valence-corrected chi connectivity index (χ3v) is 6.91. The summed E-state index contributed by atoms with van der Waals surface area (Å²) in [6.45, 7) is 7.95. The molecule has 0 radical (unpaired) electrons. The van der Waals surface area contributed by atoms with E-state index in [2.05, 4.69) is 51.1 Å². The van der Waals surface area contributed by atoms with Crippen molar-refractivity contribution in [2.75, 3.05) is 32.1 Å². The second-order valence-electron chi connectivity index (χ2n) is 9.33. The summed E-state index contributed by atoms with van der Waals surface area (Å²) in [5, 5.41) is 13.9. The topological polar surface area (TPSA) is 62.5 Å². The molecule has 32 heavy (non-hydrogen) atoms. The number of halogens is 1. The second-order valence-corrected chi connectivity index (χ2v) is 9.33. The second kappa shape index (κ2) is 7.48. The number of aryl methyl sites for hydroxylation is 2. The standard InChI is InChI=1S/C24H28FN7/c1-15-10-20(29-32-14-16(2)26-23(15)32)17-11-19(25)18-13-22(28-27-21(18)12-17)31-8-6-24(3,7-9-31)30(4)5/h10-14H,6-9H2,1-5H3. The molecule has 0 bridgehead atoms. The van der Waals surface area contributed by atoms with E-state index in [9.17, 15) is 0 Å². The lowest BCUT2D eigenvalue weighted by atomic mass is 9.88. The molecule has 1 fully saturated rings. The number of benzene rings is 1. The lowest BCUT2D eigenvalue weighted by Crippen LogP contribution is -2.50. The van der Waals surface area contributed by atoms with Gasteiger partial charge in [-0.15, -0.1) is 10.2 Å². The van der Waals surface area contributed by atoms with Crippen LogP contribution >= 0.6 is 0 Å². The number of piperidine rings is 1. The average Bonchev–Trinajstić information content (AvgIpc) is 3.15. The zero-order chi connectivity index (χ0) is 22.6. The molecule has 0 amide bonds. The van der Waals surface area contributed by atoms with E-state index >= 15 is 4.39 Å². The number of imidazole rings is 1. The fourth-order valence-electron chi connectivity index (χ4n) is 4.45. The first-order valence-corrected chi connectivity index (χ1v) is 11.0. The quantitative estimate of drug-likeness (QED) is 0.486. The molecule has 0 aliphatic carbocycles. The molecule has 0 unspecified atom stereocenters. The van der Waals surface area contributed by atoms with Crippen molar-refractivity contribution in [2.45, 2.75) is 39.2 Å². The molecule has 4 heterocycles. The highest BCUT2D eigenvalue weighted by molar-refractivity contribution is 5.85.